The molecule has 79 valence electrons. The van der Waals surface area contributed by atoms with E-state index >= 15 is 0 Å². The highest BCUT2D eigenvalue weighted by atomic mass is 32.1. The Labute approximate surface area is 90.3 Å². The number of rotatable bonds is 2. The third kappa shape index (κ3) is 1.65. The Bertz CT molecular complexity index is 403. The molecule has 7 nitrogen and oxygen atoms in total. The van der Waals surface area contributed by atoms with Crippen molar-refractivity contribution in [2.45, 2.75) is 0 Å². The average Bonchev–Trinajstić information content (AvgIpc) is 2.61. The molecule has 0 atom stereocenters. The molecule has 0 aromatic carbocycles. The van der Waals surface area contributed by atoms with E-state index in [1.807, 2.05) is 0 Å². The maximum atomic E-state index is 10.7. The van der Waals surface area contributed by atoms with Crippen molar-refractivity contribution in [2.24, 2.45) is 4.99 Å². The fourth-order valence-corrected chi connectivity index (χ4v) is 1.41. The predicted molar refractivity (Wildman–Crippen MR) is 52.7 cm³/mol. The molecule has 2 heterocycles. The van der Waals surface area contributed by atoms with Crippen molar-refractivity contribution in [3.63, 3.8) is 0 Å². The van der Waals surface area contributed by atoms with Crippen LogP contribution < -0.4 is 5.53 Å². The van der Waals surface area contributed by atoms with Crippen molar-refractivity contribution in [3.05, 3.63) is 23.1 Å². The number of aliphatic hydroxyl groups is 1. The van der Waals surface area contributed by atoms with Crippen LogP contribution in [0.3, 0.4) is 0 Å². The second-order valence-electron chi connectivity index (χ2n) is 2.82. The summed E-state index contributed by atoms with van der Waals surface area (Å²) in [5, 5.41) is 20.6. The highest BCUT2D eigenvalue weighted by Crippen LogP contribution is 2.24. The first-order chi connectivity index (χ1) is 7.11. The minimum absolute atomic E-state index is 0.121. The van der Waals surface area contributed by atoms with Gasteiger partial charge in [-0.15, -0.1) is 5.53 Å². The molecule has 8 heteroatoms. The molecule has 0 fully saturated rings. The standard InChI is InChI=1S/C7H7N4O3S/c12-3-10-2-5-8-4(7(13)14)1-6(15)11(5)9-10/h1-2,9,12H,3H2,(H,13,14). The molecule has 2 aliphatic rings. The van der Waals surface area contributed by atoms with Gasteiger partial charge in [0, 0.05) is 6.08 Å². The van der Waals surface area contributed by atoms with E-state index in [1.54, 1.807) is 0 Å². The molecule has 3 N–H and O–H groups in total. The number of carboxylic acids is 1. The number of carboxylic acid groups (broad SMARTS) is 1. The Morgan fingerprint density at radius 3 is 3.00 bits per heavy atom. The van der Waals surface area contributed by atoms with Gasteiger partial charge in [0.05, 0.1) is 6.20 Å². The van der Waals surface area contributed by atoms with Gasteiger partial charge < -0.3 is 10.2 Å². The minimum atomic E-state index is -1.14. The molecule has 0 spiro atoms. The average molecular weight is 227 g/mol. The summed E-state index contributed by atoms with van der Waals surface area (Å²) in [7, 11) is 0. The molecule has 0 aromatic rings. The quantitative estimate of drug-likeness (QED) is 0.581. The molecule has 0 saturated heterocycles. The number of aliphatic hydroxyl groups excluding tert-OH is 1. The van der Waals surface area contributed by atoms with Crippen LogP contribution in [0.1, 0.15) is 0 Å². The molecule has 1 radical (unpaired) electrons. The molecule has 2 rings (SSSR count). The van der Waals surface area contributed by atoms with Gasteiger partial charge in [-0.3, -0.25) is 5.01 Å². The second kappa shape index (κ2) is 3.50. The van der Waals surface area contributed by atoms with E-state index in [9.17, 15) is 4.79 Å². The van der Waals surface area contributed by atoms with Crippen LogP contribution in [0, 0.1) is 0 Å². The highest BCUT2D eigenvalue weighted by Gasteiger charge is 2.27. The molecule has 0 unspecified atom stereocenters. The molecule has 0 bridgehead atoms. The summed E-state index contributed by atoms with van der Waals surface area (Å²) in [6, 6.07) is 0. The number of hydrogen-bond donors (Lipinski definition) is 3. The molecule has 0 amide bonds. The topological polar surface area (TPSA) is 88.4 Å². The summed E-state index contributed by atoms with van der Waals surface area (Å²) < 4.78 is 0. The predicted octanol–water partition coefficient (Wildman–Crippen LogP) is -0.650. The zero-order valence-corrected chi connectivity index (χ0v) is 8.23. The van der Waals surface area contributed by atoms with Crippen LogP contribution in [0.5, 0.6) is 0 Å². The Morgan fingerprint density at radius 1 is 1.67 bits per heavy atom. The third-order valence-electron chi connectivity index (χ3n) is 1.82. The number of nitrogens with zero attached hydrogens (tertiary/aromatic N) is 3. The smallest absolute Gasteiger partial charge is 0.354 e. The first-order valence-electron chi connectivity index (χ1n) is 3.98. The Balaban J connectivity index is 2.33. The van der Waals surface area contributed by atoms with Crippen LogP contribution in [0.15, 0.2) is 28.1 Å². The lowest BCUT2D eigenvalue weighted by Crippen LogP contribution is -2.40. The Morgan fingerprint density at radius 2 is 2.40 bits per heavy atom. The molecular weight excluding hydrogens is 220 g/mol. The van der Waals surface area contributed by atoms with E-state index in [0.29, 0.717) is 5.82 Å². The summed E-state index contributed by atoms with van der Waals surface area (Å²) >= 11 is 4.96. The summed E-state index contributed by atoms with van der Waals surface area (Å²) in [5.41, 5.74) is 2.58. The number of aliphatic imine (C=N–C) groups is 1. The Kier molecular flexibility index (Phi) is 2.31. The zero-order valence-electron chi connectivity index (χ0n) is 7.41. The van der Waals surface area contributed by atoms with Crippen LogP contribution in [0.2, 0.25) is 0 Å². The van der Waals surface area contributed by atoms with E-state index in [1.165, 1.54) is 22.3 Å². The first kappa shape index (κ1) is 9.90. The molecule has 0 saturated carbocycles. The van der Waals surface area contributed by atoms with Crippen molar-refractivity contribution in [2.75, 3.05) is 6.73 Å². The maximum Gasteiger partial charge on any atom is 0.354 e. The number of carbonyl (C=O) groups is 1. The molecular formula is C7H7N4O3S. The number of nitrogens with one attached hydrogen (secondary N) is 1. The minimum Gasteiger partial charge on any atom is -0.477 e. The van der Waals surface area contributed by atoms with Crippen molar-refractivity contribution in [3.8, 4) is 0 Å². The van der Waals surface area contributed by atoms with Crippen LogP contribution in [0.4, 0.5) is 0 Å². The molecule has 2 aliphatic heterocycles. The highest BCUT2D eigenvalue weighted by molar-refractivity contribution is 7.84. The van der Waals surface area contributed by atoms with Gasteiger partial charge in [-0.25, -0.2) is 14.8 Å². The van der Waals surface area contributed by atoms with E-state index in [4.69, 9.17) is 22.8 Å². The van der Waals surface area contributed by atoms with Gasteiger partial charge >= 0.3 is 5.97 Å². The number of hydrazine groups is 2. The van der Waals surface area contributed by atoms with Crippen LogP contribution in [-0.4, -0.2) is 38.6 Å². The van der Waals surface area contributed by atoms with E-state index in [0.717, 1.165) is 0 Å². The first-order valence-corrected chi connectivity index (χ1v) is 4.39. The number of hydrogen-bond acceptors (Lipinski definition) is 6. The molecule has 0 aromatic heterocycles. The van der Waals surface area contributed by atoms with Gasteiger partial charge in [0.1, 0.15) is 11.8 Å². The lowest BCUT2D eigenvalue weighted by atomic mass is 10.3. The second-order valence-corrected chi connectivity index (χ2v) is 3.24. The monoisotopic (exact) mass is 227 g/mol. The molecule has 15 heavy (non-hydrogen) atoms. The van der Waals surface area contributed by atoms with Gasteiger partial charge in [-0.1, -0.05) is 12.6 Å². The number of fused-ring (bicyclic) bond motifs is 1. The fourth-order valence-electron chi connectivity index (χ4n) is 1.17. The Hall–Kier alpha value is -1.64. The van der Waals surface area contributed by atoms with E-state index in [-0.39, 0.29) is 17.5 Å². The van der Waals surface area contributed by atoms with Crippen molar-refractivity contribution in [1.29, 1.82) is 0 Å². The zero-order chi connectivity index (χ0) is 11.0. The van der Waals surface area contributed by atoms with Gasteiger partial charge in [0.15, 0.2) is 11.5 Å². The van der Waals surface area contributed by atoms with Gasteiger partial charge in [-0.2, -0.15) is 0 Å². The summed E-state index contributed by atoms with van der Waals surface area (Å²) in [6.07, 6.45) is 2.73. The summed E-state index contributed by atoms with van der Waals surface area (Å²) in [6.45, 7) is -0.263. The van der Waals surface area contributed by atoms with E-state index in [2.05, 4.69) is 10.5 Å². The van der Waals surface area contributed by atoms with Crippen LogP contribution >= 0.6 is 12.6 Å². The summed E-state index contributed by atoms with van der Waals surface area (Å²) in [5.74, 6) is -0.797. The van der Waals surface area contributed by atoms with Gasteiger partial charge in [0.2, 0.25) is 0 Å². The van der Waals surface area contributed by atoms with E-state index < -0.39 is 5.97 Å². The fraction of sp³-hybridized carbons (Fsp3) is 0.143. The third-order valence-corrected chi connectivity index (χ3v) is 2.12. The number of aliphatic carboxylic acids is 1. The largest absolute Gasteiger partial charge is 0.477 e. The van der Waals surface area contributed by atoms with Crippen molar-refractivity contribution >= 4 is 24.3 Å². The van der Waals surface area contributed by atoms with Crippen LogP contribution in [0.25, 0.3) is 0 Å². The molecule has 0 aliphatic carbocycles. The normalized spacial score (nSPS) is 19.4. The lowest BCUT2D eigenvalue weighted by Gasteiger charge is -2.23. The van der Waals surface area contributed by atoms with Gasteiger partial charge in [0.25, 0.3) is 0 Å². The summed E-state index contributed by atoms with van der Waals surface area (Å²) in [4.78, 5) is 14.5. The lowest BCUT2D eigenvalue weighted by molar-refractivity contribution is -0.129. The van der Waals surface area contributed by atoms with Crippen molar-refractivity contribution in [1.82, 2.24) is 15.6 Å². The SMILES string of the molecule is O=C(O)C1=NC2=CN(CO)NN2C([S])=C1. The van der Waals surface area contributed by atoms with Gasteiger partial charge in [-0.05, 0) is 0 Å². The van der Waals surface area contributed by atoms with Crippen molar-refractivity contribution < 1.29 is 15.0 Å². The maximum absolute atomic E-state index is 10.7. The van der Waals surface area contributed by atoms with Crippen LogP contribution in [-0.2, 0) is 4.79 Å².